The van der Waals surface area contributed by atoms with Gasteiger partial charge in [-0.25, -0.2) is 24.4 Å². The minimum absolute atomic E-state index is 0.0136. The Kier molecular flexibility index (Phi) is 10.1. The van der Waals surface area contributed by atoms with Crippen LogP contribution in [0, 0.1) is 12.8 Å². The summed E-state index contributed by atoms with van der Waals surface area (Å²) in [5.74, 6) is -2.38. The molecule has 202 valence electrons. The number of nitrogens with one attached hydrogen (secondary N) is 1. The van der Waals surface area contributed by atoms with E-state index in [-0.39, 0.29) is 23.7 Å². The third-order valence-electron chi connectivity index (χ3n) is 5.56. The highest BCUT2D eigenvalue weighted by Crippen LogP contribution is 2.26. The first-order valence-corrected chi connectivity index (χ1v) is 11.4. The number of carboxylic acid groups (broad SMARTS) is 1. The summed E-state index contributed by atoms with van der Waals surface area (Å²) in [4.78, 5) is 45.9. The van der Waals surface area contributed by atoms with Gasteiger partial charge in [0.1, 0.15) is 5.82 Å². The Morgan fingerprint density at radius 2 is 1.84 bits per heavy atom. The molecule has 37 heavy (non-hydrogen) atoms. The number of alkyl halides is 3. The number of anilines is 2. The lowest BCUT2D eigenvalue weighted by molar-refractivity contribution is -0.192. The van der Waals surface area contributed by atoms with Gasteiger partial charge in [-0.1, -0.05) is 31.5 Å². The molecule has 0 bridgehead atoms. The van der Waals surface area contributed by atoms with Crippen LogP contribution in [-0.4, -0.2) is 76.9 Å². The van der Waals surface area contributed by atoms with Crippen molar-refractivity contribution in [1.29, 1.82) is 0 Å². The van der Waals surface area contributed by atoms with Crippen LogP contribution in [0.3, 0.4) is 0 Å². The summed E-state index contributed by atoms with van der Waals surface area (Å²) in [5.41, 5.74) is 1.71. The number of hydrogen-bond acceptors (Lipinski definition) is 7. The van der Waals surface area contributed by atoms with Gasteiger partial charge in [0.2, 0.25) is 0 Å². The van der Waals surface area contributed by atoms with E-state index in [1.807, 2.05) is 24.0 Å². The highest BCUT2D eigenvalue weighted by atomic mass is 35.5. The van der Waals surface area contributed by atoms with Gasteiger partial charge in [0.25, 0.3) is 0 Å². The number of ether oxygens (including phenoxy) is 1. The molecule has 1 unspecified atom stereocenters. The second kappa shape index (κ2) is 12.6. The fraction of sp³-hybridized carbons (Fsp3) is 0.435. The zero-order valence-corrected chi connectivity index (χ0v) is 21.3. The number of piperazine rings is 1. The van der Waals surface area contributed by atoms with Gasteiger partial charge < -0.3 is 25.0 Å². The first-order chi connectivity index (χ1) is 17.3. The third kappa shape index (κ3) is 7.94. The molecule has 2 aromatic rings. The number of benzene rings is 1. The Bertz CT molecular complexity index is 1110. The second-order valence-electron chi connectivity index (χ2n) is 8.35. The number of amides is 2. The van der Waals surface area contributed by atoms with Crippen molar-refractivity contribution in [3.8, 4) is 0 Å². The molecule has 2 N–H and O–H groups in total. The summed E-state index contributed by atoms with van der Waals surface area (Å²) < 4.78 is 36.4. The minimum Gasteiger partial charge on any atom is -0.475 e. The van der Waals surface area contributed by atoms with Crippen molar-refractivity contribution in [3.05, 3.63) is 46.9 Å². The van der Waals surface area contributed by atoms with E-state index in [0.717, 1.165) is 5.56 Å². The molecule has 3 rings (SSSR count). The van der Waals surface area contributed by atoms with Gasteiger partial charge >= 0.3 is 24.1 Å². The van der Waals surface area contributed by atoms with E-state index in [2.05, 4.69) is 38.8 Å². The molecule has 1 aliphatic rings. The molecule has 1 fully saturated rings. The predicted molar refractivity (Wildman–Crippen MR) is 130 cm³/mol. The van der Waals surface area contributed by atoms with Crippen molar-refractivity contribution in [2.75, 3.05) is 37.0 Å². The number of carbonyl (C=O) groups excluding carboxylic acids is 2. The van der Waals surface area contributed by atoms with Crippen LogP contribution in [0.5, 0.6) is 0 Å². The van der Waals surface area contributed by atoms with Crippen molar-refractivity contribution < 1.29 is 37.4 Å². The van der Waals surface area contributed by atoms with Gasteiger partial charge in [-0.3, -0.25) is 0 Å². The Morgan fingerprint density at radius 3 is 2.35 bits per heavy atom. The van der Waals surface area contributed by atoms with Crippen molar-refractivity contribution in [2.45, 2.75) is 33.0 Å². The second-order valence-corrected chi connectivity index (χ2v) is 8.75. The number of hydrogen-bond donors (Lipinski definition) is 2. The maximum absolute atomic E-state index is 13.0. The summed E-state index contributed by atoms with van der Waals surface area (Å²) in [7, 11) is 1.31. The highest BCUT2D eigenvalue weighted by Gasteiger charge is 2.38. The van der Waals surface area contributed by atoms with E-state index in [0.29, 0.717) is 36.2 Å². The van der Waals surface area contributed by atoms with Crippen LogP contribution in [0.15, 0.2) is 30.6 Å². The van der Waals surface area contributed by atoms with E-state index in [1.54, 1.807) is 12.3 Å². The Morgan fingerprint density at radius 1 is 1.19 bits per heavy atom. The molecular formula is C23H27ClF3N5O5. The molecule has 0 saturated carbocycles. The van der Waals surface area contributed by atoms with E-state index < -0.39 is 18.1 Å². The lowest BCUT2D eigenvalue weighted by Gasteiger charge is -2.43. The average molecular weight is 546 g/mol. The lowest BCUT2D eigenvalue weighted by Crippen LogP contribution is -2.58. The maximum Gasteiger partial charge on any atom is 0.490 e. The molecule has 1 aliphatic heterocycles. The minimum atomic E-state index is -5.08. The van der Waals surface area contributed by atoms with Crippen LogP contribution < -0.4 is 10.2 Å². The number of nitrogens with zero attached hydrogens (tertiary/aromatic N) is 4. The zero-order valence-electron chi connectivity index (χ0n) is 20.5. The lowest BCUT2D eigenvalue weighted by atomic mass is 10.00. The van der Waals surface area contributed by atoms with Crippen LogP contribution in [0.1, 0.15) is 29.9 Å². The van der Waals surface area contributed by atoms with Crippen LogP contribution >= 0.6 is 11.6 Å². The van der Waals surface area contributed by atoms with Crippen LogP contribution in [-0.2, 0) is 9.53 Å². The van der Waals surface area contributed by atoms with Gasteiger partial charge in [-0.05, 0) is 30.5 Å². The molecule has 2 heterocycles. The van der Waals surface area contributed by atoms with Crippen molar-refractivity contribution in [3.63, 3.8) is 0 Å². The van der Waals surface area contributed by atoms with Gasteiger partial charge in [-0.2, -0.15) is 13.2 Å². The fourth-order valence-electron chi connectivity index (χ4n) is 3.47. The Labute approximate surface area is 216 Å². The number of urea groups is 1. The summed E-state index contributed by atoms with van der Waals surface area (Å²) in [6.45, 7) is 7.82. The summed E-state index contributed by atoms with van der Waals surface area (Å²) >= 11 is 6.18. The topological polar surface area (TPSA) is 125 Å². The van der Waals surface area contributed by atoms with Gasteiger partial charge in [0.15, 0.2) is 5.69 Å². The van der Waals surface area contributed by atoms with Crippen LogP contribution in [0.2, 0.25) is 5.02 Å². The molecule has 1 aromatic heterocycles. The number of carboxylic acids is 1. The standard InChI is InChI=1S/C21H26ClN5O3.C2HF3O2/c1-13(2)18-12-26(19-11-23-17(10-24-19)20(28)30-4)8-9-27(18)21(29)25-16-7-5-6-15(22)14(16)3;3-2(4,5)1(6)7/h5-7,10-11,13,18H,8-9,12H2,1-4H3,(H,25,29);(H,6,7). The van der Waals surface area contributed by atoms with Gasteiger partial charge in [-0.15, -0.1) is 0 Å². The number of aliphatic carboxylic acids is 1. The number of rotatable bonds is 4. The predicted octanol–water partition coefficient (Wildman–Crippen LogP) is 4.24. The molecule has 0 aliphatic carbocycles. The number of esters is 1. The molecular weight excluding hydrogens is 519 g/mol. The van der Waals surface area contributed by atoms with Gasteiger partial charge in [0.05, 0.1) is 25.5 Å². The van der Waals surface area contributed by atoms with E-state index in [1.165, 1.54) is 13.3 Å². The molecule has 14 heteroatoms. The summed E-state index contributed by atoms with van der Waals surface area (Å²) in [6, 6.07) is 5.30. The fourth-order valence-corrected chi connectivity index (χ4v) is 3.64. The SMILES string of the molecule is COC(=O)c1cnc(N2CCN(C(=O)Nc3cccc(Cl)c3C)C(C(C)C)C2)cn1.O=C(O)C(F)(F)F. The molecule has 1 aromatic carbocycles. The van der Waals surface area contributed by atoms with E-state index in [9.17, 15) is 22.8 Å². The number of carbonyl (C=O) groups is 3. The van der Waals surface area contributed by atoms with E-state index in [4.69, 9.17) is 21.5 Å². The van der Waals surface area contributed by atoms with Crippen LogP contribution in [0.4, 0.5) is 29.5 Å². The number of methoxy groups -OCH3 is 1. The molecule has 0 spiro atoms. The summed E-state index contributed by atoms with van der Waals surface area (Å²) in [6.07, 6.45) is -2.11. The zero-order chi connectivity index (χ0) is 27.9. The molecule has 10 nitrogen and oxygen atoms in total. The molecule has 1 saturated heterocycles. The summed E-state index contributed by atoms with van der Waals surface area (Å²) in [5, 5.41) is 10.7. The first-order valence-electron chi connectivity index (χ1n) is 11.0. The van der Waals surface area contributed by atoms with Crippen molar-refractivity contribution in [2.24, 2.45) is 5.92 Å². The quantitative estimate of drug-likeness (QED) is 0.547. The monoisotopic (exact) mass is 545 g/mol. The average Bonchev–Trinajstić information content (AvgIpc) is 2.85. The number of halogens is 4. The number of aromatic nitrogens is 2. The van der Waals surface area contributed by atoms with Crippen molar-refractivity contribution in [1.82, 2.24) is 14.9 Å². The molecule has 0 radical (unpaired) electrons. The van der Waals surface area contributed by atoms with Crippen molar-refractivity contribution >= 4 is 41.1 Å². The Hall–Kier alpha value is -3.61. The van der Waals surface area contributed by atoms with Crippen LogP contribution in [0.25, 0.3) is 0 Å². The smallest absolute Gasteiger partial charge is 0.475 e. The molecule has 1 atom stereocenters. The Balaban J connectivity index is 0.000000604. The van der Waals surface area contributed by atoms with E-state index >= 15 is 0 Å². The highest BCUT2D eigenvalue weighted by molar-refractivity contribution is 6.31. The maximum atomic E-state index is 13.0. The largest absolute Gasteiger partial charge is 0.490 e. The first kappa shape index (κ1) is 29.6. The van der Waals surface area contributed by atoms with Gasteiger partial charge in [0, 0.05) is 30.3 Å². The third-order valence-corrected chi connectivity index (χ3v) is 5.97. The molecule has 2 amide bonds. The normalized spacial score (nSPS) is 15.5.